The van der Waals surface area contributed by atoms with Gasteiger partial charge in [0.15, 0.2) is 6.61 Å². The van der Waals surface area contributed by atoms with E-state index < -0.39 is 79.5 Å². The lowest BCUT2D eigenvalue weighted by Crippen LogP contribution is -2.17. The Morgan fingerprint density at radius 3 is 1.70 bits per heavy atom. The average molecular weight is 776 g/mol. The van der Waals surface area contributed by atoms with Gasteiger partial charge in [-0.3, -0.25) is 30.3 Å². The van der Waals surface area contributed by atoms with Crippen LogP contribution in [0.3, 0.4) is 0 Å². The standard InChI is InChI=1S/C18H13ClF3NO7.C13H7F3N2O5/c1-2-28-16(24)9-29-17(25)12-8-11(4-5-14(12)23(26)27)30-15-6-3-10(7-13(15)19)18(20,21)22;14-13(15,16)8-1-6-12(11(7-8)18(21)22)23-10-4-2-9(3-5-10)17(19)20/h3-8H,2,9H2,1H3;1-7H. The third-order valence-electron chi connectivity index (χ3n) is 6.26. The molecule has 0 radical (unpaired) electrons. The maximum Gasteiger partial charge on any atom is 0.416 e. The van der Waals surface area contributed by atoms with Gasteiger partial charge in [0, 0.05) is 30.3 Å². The van der Waals surface area contributed by atoms with Gasteiger partial charge in [-0.1, -0.05) is 11.6 Å². The van der Waals surface area contributed by atoms with E-state index in [0.717, 1.165) is 48.5 Å². The topological polar surface area (TPSA) is 200 Å². The van der Waals surface area contributed by atoms with Crippen molar-refractivity contribution in [3.05, 3.63) is 131 Å². The summed E-state index contributed by atoms with van der Waals surface area (Å²) in [6.07, 6.45) is -9.33. The summed E-state index contributed by atoms with van der Waals surface area (Å²) >= 11 is 5.81. The molecular formula is C31H20ClF6N3O12. The maximum atomic E-state index is 12.7. The van der Waals surface area contributed by atoms with Gasteiger partial charge in [-0.15, -0.1) is 0 Å². The molecule has 0 atom stereocenters. The molecule has 0 aliphatic carbocycles. The fraction of sp³-hybridized carbons (Fsp3) is 0.161. The number of nitrogens with zero attached hydrogens (tertiary/aromatic N) is 3. The van der Waals surface area contributed by atoms with E-state index in [-0.39, 0.29) is 34.6 Å². The van der Waals surface area contributed by atoms with Crippen LogP contribution in [-0.2, 0) is 26.6 Å². The zero-order valence-corrected chi connectivity index (χ0v) is 27.1. The van der Waals surface area contributed by atoms with Crippen LogP contribution in [0.5, 0.6) is 23.0 Å². The molecule has 0 aromatic heterocycles. The molecular weight excluding hydrogens is 756 g/mol. The number of non-ortho nitro benzene ring substituents is 1. The minimum atomic E-state index is -4.73. The molecule has 0 spiro atoms. The molecule has 0 bridgehead atoms. The van der Waals surface area contributed by atoms with Crippen molar-refractivity contribution in [3.63, 3.8) is 0 Å². The number of carbonyl (C=O) groups excluding carboxylic acids is 2. The summed E-state index contributed by atoms with van der Waals surface area (Å²) in [4.78, 5) is 53.5. The molecule has 4 rings (SSSR count). The molecule has 0 unspecified atom stereocenters. The minimum absolute atomic E-state index is 0.0125. The maximum absolute atomic E-state index is 12.7. The van der Waals surface area contributed by atoms with Gasteiger partial charge in [0.2, 0.25) is 5.75 Å². The monoisotopic (exact) mass is 775 g/mol. The van der Waals surface area contributed by atoms with Crippen LogP contribution < -0.4 is 9.47 Å². The molecule has 0 amide bonds. The van der Waals surface area contributed by atoms with Gasteiger partial charge >= 0.3 is 30.0 Å². The summed E-state index contributed by atoms with van der Waals surface area (Å²) in [5.74, 6) is -2.75. The van der Waals surface area contributed by atoms with Gasteiger partial charge in [-0.05, 0) is 55.5 Å². The number of carbonyl (C=O) groups is 2. The highest BCUT2D eigenvalue weighted by atomic mass is 35.5. The van der Waals surface area contributed by atoms with Crippen molar-refractivity contribution in [2.24, 2.45) is 0 Å². The van der Waals surface area contributed by atoms with E-state index in [1.165, 1.54) is 19.1 Å². The molecule has 0 N–H and O–H groups in total. The highest BCUT2D eigenvalue weighted by Crippen LogP contribution is 2.39. The predicted molar refractivity (Wildman–Crippen MR) is 168 cm³/mol. The van der Waals surface area contributed by atoms with Crippen LogP contribution in [0.25, 0.3) is 0 Å². The second kappa shape index (κ2) is 17.1. The summed E-state index contributed by atoms with van der Waals surface area (Å²) in [6, 6.07) is 11.7. The van der Waals surface area contributed by atoms with Crippen molar-refractivity contribution in [2.75, 3.05) is 13.2 Å². The molecule has 0 aliphatic heterocycles. The second-order valence-corrected chi connectivity index (χ2v) is 10.3. The predicted octanol–water partition coefficient (Wildman–Crippen LogP) is 9.09. The van der Waals surface area contributed by atoms with E-state index in [9.17, 15) is 66.3 Å². The minimum Gasteiger partial charge on any atom is -0.463 e. The van der Waals surface area contributed by atoms with E-state index in [2.05, 4.69) is 4.74 Å². The molecule has 4 aromatic carbocycles. The van der Waals surface area contributed by atoms with E-state index in [1.807, 2.05) is 0 Å². The Morgan fingerprint density at radius 2 is 1.19 bits per heavy atom. The molecule has 53 heavy (non-hydrogen) atoms. The lowest BCUT2D eigenvalue weighted by atomic mass is 10.1. The van der Waals surface area contributed by atoms with E-state index >= 15 is 0 Å². The number of esters is 2. The van der Waals surface area contributed by atoms with E-state index in [0.29, 0.717) is 18.2 Å². The molecule has 0 aliphatic rings. The van der Waals surface area contributed by atoms with Crippen LogP contribution in [0, 0.1) is 30.3 Å². The summed E-state index contributed by atoms with van der Waals surface area (Å²) < 4.78 is 95.7. The zero-order valence-electron chi connectivity index (χ0n) is 26.3. The van der Waals surface area contributed by atoms with Gasteiger partial charge in [0.1, 0.15) is 22.8 Å². The van der Waals surface area contributed by atoms with Gasteiger partial charge in [0.05, 0.1) is 37.5 Å². The number of hydrogen-bond donors (Lipinski definition) is 0. The first-order chi connectivity index (χ1) is 24.7. The number of hydrogen-bond acceptors (Lipinski definition) is 12. The Morgan fingerprint density at radius 1 is 0.660 bits per heavy atom. The van der Waals surface area contributed by atoms with Crippen molar-refractivity contribution in [1.29, 1.82) is 0 Å². The molecule has 280 valence electrons. The van der Waals surface area contributed by atoms with Crippen molar-refractivity contribution in [2.45, 2.75) is 19.3 Å². The van der Waals surface area contributed by atoms with E-state index in [1.54, 1.807) is 0 Å². The van der Waals surface area contributed by atoms with Gasteiger partial charge < -0.3 is 18.9 Å². The van der Waals surface area contributed by atoms with Gasteiger partial charge in [-0.2, -0.15) is 26.3 Å². The third kappa shape index (κ3) is 11.5. The first-order valence-electron chi connectivity index (χ1n) is 14.1. The van der Waals surface area contributed by atoms with Gasteiger partial charge in [0.25, 0.3) is 11.4 Å². The Hall–Kier alpha value is -6.51. The molecule has 0 saturated heterocycles. The second-order valence-electron chi connectivity index (χ2n) is 9.85. The Kier molecular flexibility index (Phi) is 13.2. The normalized spacial score (nSPS) is 11.0. The Balaban J connectivity index is 0.000000295. The van der Waals surface area contributed by atoms with Crippen molar-refractivity contribution >= 4 is 40.6 Å². The third-order valence-corrected chi connectivity index (χ3v) is 6.55. The number of ether oxygens (including phenoxy) is 4. The number of nitro benzene ring substituents is 3. The van der Waals surface area contributed by atoms with Crippen LogP contribution in [0.15, 0.2) is 78.9 Å². The zero-order chi connectivity index (χ0) is 39.7. The molecule has 0 heterocycles. The average Bonchev–Trinajstić information content (AvgIpc) is 3.07. The Labute approximate surface area is 296 Å². The van der Waals surface area contributed by atoms with Crippen molar-refractivity contribution in [1.82, 2.24) is 0 Å². The van der Waals surface area contributed by atoms with Gasteiger partial charge in [-0.25, -0.2) is 9.59 Å². The van der Waals surface area contributed by atoms with Crippen molar-refractivity contribution < 1.29 is 69.6 Å². The lowest BCUT2D eigenvalue weighted by molar-refractivity contribution is -0.385. The molecule has 0 fully saturated rings. The molecule has 22 heteroatoms. The number of benzene rings is 4. The largest absolute Gasteiger partial charge is 0.463 e. The van der Waals surface area contributed by atoms with Crippen LogP contribution >= 0.6 is 11.6 Å². The highest BCUT2D eigenvalue weighted by Gasteiger charge is 2.34. The summed E-state index contributed by atoms with van der Waals surface area (Å²) in [5, 5.41) is 32.2. The Bertz CT molecular complexity index is 2030. The summed E-state index contributed by atoms with van der Waals surface area (Å²) in [7, 11) is 0. The number of alkyl halides is 6. The molecule has 15 nitrogen and oxygen atoms in total. The first-order valence-corrected chi connectivity index (χ1v) is 14.5. The smallest absolute Gasteiger partial charge is 0.416 e. The summed E-state index contributed by atoms with van der Waals surface area (Å²) in [5.41, 5.74) is -4.43. The van der Waals surface area contributed by atoms with Crippen LogP contribution in [0.1, 0.15) is 28.4 Å². The number of nitro groups is 3. The number of rotatable bonds is 11. The molecule has 4 aromatic rings. The van der Waals surface area contributed by atoms with Crippen LogP contribution in [0.2, 0.25) is 5.02 Å². The van der Waals surface area contributed by atoms with Crippen LogP contribution in [-0.4, -0.2) is 39.9 Å². The lowest BCUT2D eigenvalue weighted by Gasteiger charge is -2.12. The quantitative estimate of drug-likeness (QED) is 0.0606. The summed E-state index contributed by atoms with van der Waals surface area (Å²) in [6.45, 7) is 0.825. The molecule has 0 saturated carbocycles. The first kappa shape index (κ1) is 40.9. The van der Waals surface area contributed by atoms with Crippen molar-refractivity contribution in [3.8, 4) is 23.0 Å². The fourth-order valence-corrected chi connectivity index (χ4v) is 4.10. The SMILES string of the molecule is CCOC(=O)COC(=O)c1cc(Oc2ccc(C(F)(F)F)cc2Cl)ccc1[N+](=O)[O-].O=[N+]([O-])c1ccc(Oc2ccc(C(F)(F)F)cc2[N+](=O)[O-])cc1. The highest BCUT2D eigenvalue weighted by molar-refractivity contribution is 6.32. The van der Waals surface area contributed by atoms with Crippen LogP contribution in [0.4, 0.5) is 43.4 Å². The fourth-order valence-electron chi connectivity index (χ4n) is 3.88. The number of halogens is 7. The van der Waals surface area contributed by atoms with E-state index in [4.69, 9.17) is 25.8 Å².